The summed E-state index contributed by atoms with van der Waals surface area (Å²) in [5.74, 6) is 0.912. The Kier molecular flexibility index (Phi) is 4.28. The first-order chi connectivity index (χ1) is 6.22. The Morgan fingerprint density at radius 1 is 1.38 bits per heavy atom. The highest BCUT2D eigenvalue weighted by Crippen LogP contribution is 2.14. The van der Waals surface area contributed by atoms with Crippen LogP contribution in [0.4, 0.5) is 0 Å². The van der Waals surface area contributed by atoms with Gasteiger partial charge in [0.25, 0.3) is 0 Å². The molecule has 1 aromatic carbocycles. The molecule has 0 radical (unpaired) electrons. The lowest BCUT2D eigenvalue weighted by atomic mass is 10.2. The van der Waals surface area contributed by atoms with E-state index in [0.717, 1.165) is 17.7 Å². The van der Waals surface area contributed by atoms with Crippen LogP contribution in [0.3, 0.4) is 0 Å². The van der Waals surface area contributed by atoms with Crippen molar-refractivity contribution in [1.29, 1.82) is 0 Å². The summed E-state index contributed by atoms with van der Waals surface area (Å²) in [4.78, 5) is 0. The van der Waals surface area contributed by atoms with Gasteiger partial charge in [-0.25, -0.2) is 0 Å². The van der Waals surface area contributed by atoms with Crippen LogP contribution in [0.2, 0.25) is 0 Å². The molecular formula is C11H13IO. The summed E-state index contributed by atoms with van der Waals surface area (Å²) >= 11 is 2.27. The van der Waals surface area contributed by atoms with Crippen molar-refractivity contribution in [3.8, 4) is 5.75 Å². The van der Waals surface area contributed by atoms with Gasteiger partial charge in [-0.3, -0.25) is 0 Å². The fourth-order valence-electron chi connectivity index (χ4n) is 0.818. The third-order valence-electron chi connectivity index (χ3n) is 1.76. The predicted octanol–water partition coefficient (Wildman–Crippen LogP) is 3.64. The fraction of sp³-hybridized carbons (Fsp3) is 0.273. The lowest BCUT2D eigenvalue weighted by Crippen LogP contribution is -1.98. The smallest absolute Gasteiger partial charge is 0.119 e. The molecule has 13 heavy (non-hydrogen) atoms. The molecule has 1 aromatic rings. The van der Waals surface area contributed by atoms with E-state index in [1.54, 1.807) is 0 Å². The van der Waals surface area contributed by atoms with Crippen molar-refractivity contribution in [2.45, 2.75) is 13.3 Å². The van der Waals surface area contributed by atoms with Crippen molar-refractivity contribution in [2.75, 3.05) is 6.61 Å². The van der Waals surface area contributed by atoms with Crippen molar-refractivity contribution in [2.24, 2.45) is 0 Å². The van der Waals surface area contributed by atoms with E-state index in [-0.39, 0.29) is 0 Å². The molecule has 0 bridgehead atoms. The SMILES string of the molecule is C=C(CC)COc1ccc(I)cc1. The van der Waals surface area contributed by atoms with Gasteiger partial charge in [0.05, 0.1) is 0 Å². The van der Waals surface area contributed by atoms with Crippen LogP contribution in [-0.4, -0.2) is 6.61 Å². The van der Waals surface area contributed by atoms with E-state index in [1.165, 1.54) is 3.57 Å². The molecule has 1 nitrogen and oxygen atoms in total. The number of hydrogen-bond acceptors (Lipinski definition) is 1. The number of halogens is 1. The maximum Gasteiger partial charge on any atom is 0.119 e. The second-order valence-corrected chi connectivity index (χ2v) is 4.09. The highest BCUT2D eigenvalue weighted by Gasteiger charge is 1.94. The summed E-state index contributed by atoms with van der Waals surface area (Å²) in [5, 5.41) is 0. The van der Waals surface area contributed by atoms with Gasteiger partial charge in [0.15, 0.2) is 0 Å². The van der Waals surface area contributed by atoms with Gasteiger partial charge in [-0.2, -0.15) is 0 Å². The van der Waals surface area contributed by atoms with Crippen LogP contribution in [0.1, 0.15) is 13.3 Å². The van der Waals surface area contributed by atoms with Crippen LogP contribution in [0, 0.1) is 3.57 Å². The topological polar surface area (TPSA) is 9.23 Å². The molecule has 70 valence electrons. The first-order valence-electron chi connectivity index (χ1n) is 4.27. The highest BCUT2D eigenvalue weighted by atomic mass is 127. The van der Waals surface area contributed by atoms with Gasteiger partial charge >= 0.3 is 0 Å². The summed E-state index contributed by atoms with van der Waals surface area (Å²) < 4.78 is 6.73. The minimum Gasteiger partial charge on any atom is -0.489 e. The second-order valence-electron chi connectivity index (χ2n) is 2.85. The monoisotopic (exact) mass is 288 g/mol. The number of hydrogen-bond donors (Lipinski definition) is 0. The zero-order chi connectivity index (χ0) is 9.68. The predicted molar refractivity (Wildman–Crippen MR) is 64.1 cm³/mol. The average molecular weight is 288 g/mol. The van der Waals surface area contributed by atoms with Gasteiger partial charge in [-0.05, 0) is 58.9 Å². The molecule has 0 unspecified atom stereocenters. The summed E-state index contributed by atoms with van der Waals surface area (Å²) in [6, 6.07) is 8.02. The van der Waals surface area contributed by atoms with E-state index >= 15 is 0 Å². The molecule has 2 heteroatoms. The van der Waals surface area contributed by atoms with Crippen LogP contribution >= 0.6 is 22.6 Å². The third-order valence-corrected chi connectivity index (χ3v) is 2.48. The Balaban J connectivity index is 2.46. The Bertz CT molecular complexity index is 277. The van der Waals surface area contributed by atoms with Crippen molar-refractivity contribution in [3.05, 3.63) is 40.0 Å². The normalized spacial score (nSPS) is 9.69. The molecule has 0 aromatic heterocycles. The van der Waals surface area contributed by atoms with Gasteiger partial charge in [-0.15, -0.1) is 0 Å². The Morgan fingerprint density at radius 2 is 2.00 bits per heavy atom. The first-order valence-corrected chi connectivity index (χ1v) is 5.35. The molecule has 0 saturated carbocycles. The van der Waals surface area contributed by atoms with Crippen LogP contribution in [0.5, 0.6) is 5.75 Å². The van der Waals surface area contributed by atoms with Gasteiger partial charge < -0.3 is 4.74 Å². The minimum atomic E-state index is 0.622. The largest absolute Gasteiger partial charge is 0.489 e. The quantitative estimate of drug-likeness (QED) is 0.607. The van der Waals surface area contributed by atoms with Gasteiger partial charge in [0.2, 0.25) is 0 Å². The molecule has 0 heterocycles. The minimum absolute atomic E-state index is 0.622. The summed E-state index contributed by atoms with van der Waals surface area (Å²) in [7, 11) is 0. The Hall–Kier alpha value is -0.510. The van der Waals surface area contributed by atoms with Crippen LogP contribution in [0.25, 0.3) is 0 Å². The standard InChI is InChI=1S/C11H13IO/c1-3-9(2)8-13-11-6-4-10(12)5-7-11/h4-7H,2-3,8H2,1H3. The fourth-order valence-corrected chi connectivity index (χ4v) is 1.18. The first kappa shape index (κ1) is 10.6. The summed E-state index contributed by atoms with van der Waals surface area (Å²) in [6.45, 7) is 6.58. The molecular weight excluding hydrogens is 275 g/mol. The van der Waals surface area contributed by atoms with Crippen LogP contribution in [-0.2, 0) is 0 Å². The Morgan fingerprint density at radius 3 is 2.54 bits per heavy atom. The summed E-state index contributed by atoms with van der Waals surface area (Å²) in [6.07, 6.45) is 0.977. The zero-order valence-corrected chi connectivity index (χ0v) is 9.87. The van der Waals surface area contributed by atoms with Gasteiger partial charge in [-0.1, -0.05) is 13.5 Å². The van der Waals surface area contributed by atoms with Gasteiger partial charge in [0.1, 0.15) is 12.4 Å². The second kappa shape index (κ2) is 5.27. The molecule has 1 rings (SSSR count). The van der Waals surface area contributed by atoms with E-state index in [2.05, 4.69) is 36.1 Å². The molecule has 0 atom stereocenters. The lowest BCUT2D eigenvalue weighted by Gasteiger charge is -2.06. The van der Waals surface area contributed by atoms with E-state index in [0.29, 0.717) is 6.61 Å². The summed E-state index contributed by atoms with van der Waals surface area (Å²) in [5.41, 5.74) is 1.12. The number of rotatable bonds is 4. The molecule has 0 fully saturated rings. The van der Waals surface area contributed by atoms with E-state index < -0.39 is 0 Å². The molecule has 0 aliphatic carbocycles. The van der Waals surface area contributed by atoms with Crippen molar-refractivity contribution >= 4 is 22.6 Å². The number of ether oxygens (including phenoxy) is 1. The third kappa shape index (κ3) is 3.81. The molecule has 0 aliphatic heterocycles. The van der Waals surface area contributed by atoms with Crippen molar-refractivity contribution in [3.63, 3.8) is 0 Å². The maximum absolute atomic E-state index is 5.51. The Labute approximate surface area is 92.9 Å². The number of benzene rings is 1. The van der Waals surface area contributed by atoms with E-state index in [4.69, 9.17) is 4.74 Å². The molecule has 0 amide bonds. The highest BCUT2D eigenvalue weighted by molar-refractivity contribution is 14.1. The van der Waals surface area contributed by atoms with Gasteiger partial charge in [0, 0.05) is 3.57 Å². The van der Waals surface area contributed by atoms with Crippen LogP contribution < -0.4 is 4.74 Å². The maximum atomic E-state index is 5.51. The van der Waals surface area contributed by atoms with E-state index in [9.17, 15) is 0 Å². The molecule has 0 N–H and O–H groups in total. The molecule has 0 aliphatic rings. The zero-order valence-electron chi connectivity index (χ0n) is 7.72. The van der Waals surface area contributed by atoms with Crippen LogP contribution in [0.15, 0.2) is 36.4 Å². The molecule has 0 saturated heterocycles. The lowest BCUT2D eigenvalue weighted by molar-refractivity contribution is 0.349. The average Bonchev–Trinajstić information content (AvgIpc) is 2.16. The van der Waals surface area contributed by atoms with Crippen molar-refractivity contribution < 1.29 is 4.74 Å². The molecule has 0 spiro atoms. The van der Waals surface area contributed by atoms with E-state index in [1.807, 2.05) is 24.3 Å². The van der Waals surface area contributed by atoms with Crippen molar-refractivity contribution in [1.82, 2.24) is 0 Å².